The fraction of sp³-hybridized carbons (Fsp3) is 0.438. The SMILES string of the molecule is C=CCCCS(=O)(=O)N1CC(C)(c2nnc(-c3cccnc3)o2)C1. The number of allylic oxidation sites excluding steroid dienone is 1. The molecule has 0 saturated carbocycles. The molecule has 0 aromatic carbocycles. The number of hydrogen-bond acceptors (Lipinski definition) is 6. The summed E-state index contributed by atoms with van der Waals surface area (Å²) < 4.78 is 31.7. The molecular formula is C16H20N4O3S. The molecule has 0 N–H and O–H groups in total. The molecule has 1 aliphatic rings. The summed E-state index contributed by atoms with van der Waals surface area (Å²) in [6.45, 7) is 6.26. The number of aromatic nitrogens is 3. The average Bonchev–Trinajstić information content (AvgIpc) is 3.03. The average molecular weight is 348 g/mol. The van der Waals surface area contributed by atoms with E-state index in [0.717, 1.165) is 5.56 Å². The Kier molecular flexibility index (Phi) is 4.51. The summed E-state index contributed by atoms with van der Waals surface area (Å²) in [4.78, 5) is 4.02. The topological polar surface area (TPSA) is 89.2 Å². The van der Waals surface area contributed by atoms with Gasteiger partial charge in [-0.2, -0.15) is 4.31 Å². The van der Waals surface area contributed by atoms with E-state index >= 15 is 0 Å². The molecule has 0 radical (unpaired) electrons. The van der Waals surface area contributed by atoms with Gasteiger partial charge in [0, 0.05) is 25.5 Å². The predicted molar refractivity (Wildman–Crippen MR) is 89.7 cm³/mol. The normalized spacial score (nSPS) is 17.4. The van der Waals surface area contributed by atoms with E-state index in [1.165, 1.54) is 4.31 Å². The van der Waals surface area contributed by atoms with Crippen molar-refractivity contribution in [3.63, 3.8) is 0 Å². The Morgan fingerprint density at radius 1 is 1.42 bits per heavy atom. The lowest BCUT2D eigenvalue weighted by molar-refractivity contribution is 0.139. The van der Waals surface area contributed by atoms with E-state index in [-0.39, 0.29) is 5.75 Å². The fourth-order valence-electron chi connectivity index (χ4n) is 2.68. The van der Waals surface area contributed by atoms with Crippen molar-refractivity contribution in [1.29, 1.82) is 0 Å². The summed E-state index contributed by atoms with van der Waals surface area (Å²) in [5.74, 6) is 0.991. The van der Waals surface area contributed by atoms with Gasteiger partial charge in [-0.3, -0.25) is 4.98 Å². The van der Waals surface area contributed by atoms with Crippen LogP contribution in [0, 0.1) is 0 Å². The smallest absolute Gasteiger partial charge is 0.249 e. The van der Waals surface area contributed by atoms with Crippen molar-refractivity contribution in [2.75, 3.05) is 18.8 Å². The van der Waals surface area contributed by atoms with Crippen LogP contribution < -0.4 is 0 Å². The summed E-state index contributed by atoms with van der Waals surface area (Å²) in [6, 6.07) is 3.63. The molecule has 7 nitrogen and oxygen atoms in total. The first-order chi connectivity index (χ1) is 11.4. The van der Waals surface area contributed by atoms with Gasteiger partial charge >= 0.3 is 0 Å². The Bertz CT molecular complexity index is 811. The van der Waals surface area contributed by atoms with Crippen LogP contribution in [0.25, 0.3) is 11.5 Å². The Labute approximate surface area is 141 Å². The minimum absolute atomic E-state index is 0.139. The van der Waals surface area contributed by atoms with E-state index in [0.29, 0.717) is 37.7 Å². The van der Waals surface area contributed by atoms with Crippen LogP contribution in [-0.4, -0.2) is 46.7 Å². The second-order valence-electron chi connectivity index (χ2n) is 6.23. The van der Waals surface area contributed by atoms with Gasteiger partial charge in [0.1, 0.15) is 0 Å². The summed E-state index contributed by atoms with van der Waals surface area (Å²) in [5.41, 5.74) is 0.298. The molecule has 24 heavy (non-hydrogen) atoms. The van der Waals surface area contributed by atoms with E-state index in [1.807, 2.05) is 13.0 Å². The van der Waals surface area contributed by atoms with Crippen molar-refractivity contribution >= 4 is 10.0 Å². The van der Waals surface area contributed by atoms with Crippen LogP contribution in [0.2, 0.25) is 0 Å². The molecular weight excluding hydrogens is 328 g/mol. The van der Waals surface area contributed by atoms with Gasteiger partial charge in [0.25, 0.3) is 0 Å². The van der Waals surface area contributed by atoms with Gasteiger partial charge in [-0.1, -0.05) is 6.08 Å². The number of pyridine rings is 1. The molecule has 2 aromatic heterocycles. The van der Waals surface area contributed by atoms with Gasteiger partial charge in [0.2, 0.25) is 21.8 Å². The fourth-order valence-corrected chi connectivity index (χ4v) is 4.43. The predicted octanol–water partition coefficient (Wildman–Crippen LogP) is 2.00. The Morgan fingerprint density at radius 3 is 2.88 bits per heavy atom. The lowest BCUT2D eigenvalue weighted by Crippen LogP contribution is -2.60. The molecule has 3 heterocycles. The molecule has 1 saturated heterocycles. The molecule has 0 amide bonds. The first-order valence-electron chi connectivity index (χ1n) is 7.78. The molecule has 1 fully saturated rings. The zero-order chi connectivity index (χ0) is 17.2. The molecule has 0 atom stereocenters. The Morgan fingerprint density at radius 2 is 2.21 bits per heavy atom. The van der Waals surface area contributed by atoms with E-state index in [1.54, 1.807) is 24.5 Å². The molecule has 0 spiro atoms. The van der Waals surface area contributed by atoms with Crippen LogP contribution in [0.3, 0.4) is 0 Å². The molecule has 3 rings (SSSR count). The minimum atomic E-state index is -3.23. The molecule has 8 heteroatoms. The Balaban J connectivity index is 1.67. The molecule has 0 unspecified atom stereocenters. The second-order valence-corrected chi connectivity index (χ2v) is 8.32. The Hall–Kier alpha value is -2.06. The lowest BCUT2D eigenvalue weighted by Gasteiger charge is -2.44. The monoisotopic (exact) mass is 348 g/mol. The van der Waals surface area contributed by atoms with Crippen LogP contribution in [0.15, 0.2) is 41.6 Å². The van der Waals surface area contributed by atoms with E-state index < -0.39 is 15.4 Å². The molecule has 0 aliphatic carbocycles. The van der Waals surface area contributed by atoms with Gasteiger partial charge in [-0.15, -0.1) is 16.8 Å². The van der Waals surface area contributed by atoms with Crippen LogP contribution in [-0.2, 0) is 15.4 Å². The highest BCUT2D eigenvalue weighted by Crippen LogP contribution is 2.36. The van der Waals surface area contributed by atoms with E-state index in [2.05, 4.69) is 21.8 Å². The first-order valence-corrected chi connectivity index (χ1v) is 9.39. The van der Waals surface area contributed by atoms with Gasteiger partial charge in [0.15, 0.2) is 0 Å². The molecule has 1 aliphatic heterocycles. The van der Waals surface area contributed by atoms with Gasteiger partial charge in [-0.25, -0.2) is 8.42 Å². The van der Waals surface area contributed by atoms with Crippen LogP contribution in [0.4, 0.5) is 0 Å². The number of sulfonamides is 1. The highest BCUT2D eigenvalue weighted by atomic mass is 32.2. The molecule has 128 valence electrons. The van der Waals surface area contributed by atoms with E-state index in [4.69, 9.17) is 4.42 Å². The minimum Gasteiger partial charge on any atom is -0.420 e. The number of rotatable bonds is 7. The van der Waals surface area contributed by atoms with Gasteiger partial charge < -0.3 is 4.42 Å². The summed E-state index contributed by atoms with van der Waals surface area (Å²) in [6.07, 6.45) is 6.33. The van der Waals surface area contributed by atoms with Crippen LogP contribution >= 0.6 is 0 Å². The van der Waals surface area contributed by atoms with Crippen molar-refractivity contribution in [2.45, 2.75) is 25.2 Å². The van der Waals surface area contributed by atoms with Gasteiger partial charge in [0.05, 0.1) is 16.7 Å². The third kappa shape index (κ3) is 3.25. The van der Waals surface area contributed by atoms with Crippen molar-refractivity contribution in [2.24, 2.45) is 0 Å². The quantitative estimate of drug-likeness (QED) is 0.562. The summed E-state index contributed by atoms with van der Waals surface area (Å²) >= 11 is 0. The standard InChI is InChI=1S/C16H20N4O3S/c1-3-4-5-9-24(21,22)20-11-16(2,12-20)15-19-18-14(23-15)13-7-6-8-17-10-13/h3,6-8,10H,1,4-5,9,11-12H2,2H3. The largest absolute Gasteiger partial charge is 0.420 e. The number of hydrogen-bond donors (Lipinski definition) is 0. The molecule has 2 aromatic rings. The zero-order valence-corrected chi connectivity index (χ0v) is 14.4. The van der Waals surface area contributed by atoms with Crippen LogP contribution in [0.1, 0.15) is 25.7 Å². The van der Waals surface area contributed by atoms with E-state index in [9.17, 15) is 8.42 Å². The first kappa shape index (κ1) is 16.8. The summed E-state index contributed by atoms with van der Waals surface area (Å²) in [5, 5.41) is 8.15. The third-order valence-electron chi connectivity index (χ3n) is 4.10. The second kappa shape index (κ2) is 6.45. The molecule has 0 bridgehead atoms. The van der Waals surface area contributed by atoms with Crippen molar-refractivity contribution in [3.05, 3.63) is 43.1 Å². The summed E-state index contributed by atoms with van der Waals surface area (Å²) in [7, 11) is -3.23. The van der Waals surface area contributed by atoms with Crippen LogP contribution in [0.5, 0.6) is 0 Å². The van der Waals surface area contributed by atoms with Crippen molar-refractivity contribution in [3.8, 4) is 11.5 Å². The number of unbranched alkanes of at least 4 members (excludes halogenated alkanes) is 1. The lowest BCUT2D eigenvalue weighted by atomic mass is 9.84. The number of nitrogens with zero attached hydrogens (tertiary/aromatic N) is 4. The maximum absolute atomic E-state index is 12.3. The maximum Gasteiger partial charge on any atom is 0.249 e. The van der Waals surface area contributed by atoms with Crippen molar-refractivity contribution < 1.29 is 12.8 Å². The highest BCUT2D eigenvalue weighted by Gasteiger charge is 2.49. The van der Waals surface area contributed by atoms with Gasteiger partial charge in [-0.05, 0) is 31.9 Å². The maximum atomic E-state index is 12.3. The highest BCUT2D eigenvalue weighted by molar-refractivity contribution is 7.89. The third-order valence-corrected chi connectivity index (χ3v) is 5.95. The van der Waals surface area contributed by atoms with Crippen molar-refractivity contribution in [1.82, 2.24) is 19.5 Å². The zero-order valence-electron chi connectivity index (χ0n) is 13.6.